The van der Waals surface area contributed by atoms with Crippen molar-refractivity contribution < 1.29 is 52.4 Å². The number of benzene rings is 1. The summed E-state index contributed by atoms with van der Waals surface area (Å²) in [7, 11) is 0. The van der Waals surface area contributed by atoms with Gasteiger partial charge in [0.05, 0.1) is 6.61 Å². The Bertz CT molecular complexity index is 1610. The van der Waals surface area contributed by atoms with E-state index in [1.165, 1.54) is 11.6 Å². The van der Waals surface area contributed by atoms with Crippen LogP contribution in [0, 0.1) is 52.3 Å². The minimum atomic E-state index is -0.369. The van der Waals surface area contributed by atoms with Gasteiger partial charge in [0.2, 0.25) is 0 Å². The summed E-state index contributed by atoms with van der Waals surface area (Å²) in [6.45, 7) is 12.9. The van der Waals surface area contributed by atoms with Gasteiger partial charge >= 0.3 is 11.9 Å². The SMILES string of the molecule is CCOC(=O)/C=C(/C)COc1ccc(CC2CCCCC2OC(=O)CC[C@@H](C)[C@H]2CC[C@H]3[C@@H]4[C@H](OC=O)C[C@@H]5C[C@H](OC=O)CC[C@]5(C)[C@H]4C[C@H](OC=O)[C@]23C)cc1. The molecule has 11 nitrogen and oxygen atoms in total. The number of ether oxygens (including phenoxy) is 6. The molecular formula is C47H66O11. The lowest BCUT2D eigenvalue weighted by Gasteiger charge is -2.64. The van der Waals surface area contributed by atoms with Crippen molar-refractivity contribution in [2.24, 2.45) is 52.3 Å². The van der Waals surface area contributed by atoms with E-state index in [-0.39, 0.29) is 88.6 Å². The second-order valence-corrected chi connectivity index (χ2v) is 18.6. The highest BCUT2D eigenvalue weighted by atomic mass is 16.6. The maximum atomic E-state index is 13.5. The predicted octanol–water partition coefficient (Wildman–Crippen LogP) is 8.14. The van der Waals surface area contributed by atoms with Gasteiger partial charge in [-0.15, -0.1) is 0 Å². The zero-order valence-corrected chi connectivity index (χ0v) is 35.3. The van der Waals surface area contributed by atoms with E-state index < -0.39 is 0 Å². The van der Waals surface area contributed by atoms with Crippen LogP contribution >= 0.6 is 0 Å². The van der Waals surface area contributed by atoms with E-state index in [9.17, 15) is 24.0 Å². The van der Waals surface area contributed by atoms with Gasteiger partial charge in [-0.05, 0) is 155 Å². The molecule has 0 bridgehead atoms. The largest absolute Gasteiger partial charge is 0.489 e. The van der Waals surface area contributed by atoms with E-state index in [0.29, 0.717) is 51.9 Å². The van der Waals surface area contributed by atoms with Gasteiger partial charge < -0.3 is 28.4 Å². The highest BCUT2D eigenvalue weighted by molar-refractivity contribution is 5.82. The van der Waals surface area contributed by atoms with Crippen molar-refractivity contribution in [1.82, 2.24) is 0 Å². The number of carbonyl (C=O) groups excluding carboxylic acids is 5. The van der Waals surface area contributed by atoms with Crippen LogP contribution in [0.1, 0.15) is 124 Å². The van der Waals surface area contributed by atoms with E-state index in [2.05, 4.69) is 32.9 Å². The van der Waals surface area contributed by atoms with Crippen molar-refractivity contribution in [2.75, 3.05) is 13.2 Å². The first-order valence-electron chi connectivity index (χ1n) is 22.0. The van der Waals surface area contributed by atoms with Gasteiger partial charge in [-0.2, -0.15) is 0 Å². The molecule has 0 radical (unpaired) electrons. The lowest BCUT2D eigenvalue weighted by atomic mass is 9.43. The maximum Gasteiger partial charge on any atom is 0.330 e. The normalized spacial score (nSPS) is 36.1. The number of esters is 2. The van der Waals surface area contributed by atoms with Gasteiger partial charge in [0, 0.05) is 23.8 Å². The molecular weight excluding hydrogens is 741 g/mol. The Hall–Kier alpha value is -3.89. The molecule has 0 saturated heterocycles. The third-order valence-corrected chi connectivity index (χ3v) is 15.6. The minimum absolute atomic E-state index is 0.0470. The highest BCUT2D eigenvalue weighted by Gasteiger charge is 2.67. The van der Waals surface area contributed by atoms with Crippen molar-refractivity contribution in [3.05, 3.63) is 41.5 Å². The molecule has 1 aromatic carbocycles. The monoisotopic (exact) mass is 806 g/mol. The molecule has 0 spiro atoms. The van der Waals surface area contributed by atoms with Gasteiger partial charge in [0.1, 0.15) is 36.8 Å². The van der Waals surface area contributed by atoms with E-state index in [4.69, 9.17) is 28.4 Å². The predicted molar refractivity (Wildman–Crippen MR) is 215 cm³/mol. The van der Waals surface area contributed by atoms with Crippen molar-refractivity contribution in [3.8, 4) is 5.75 Å². The zero-order chi connectivity index (χ0) is 41.5. The Morgan fingerprint density at radius 3 is 2.33 bits per heavy atom. The van der Waals surface area contributed by atoms with Gasteiger partial charge in [-0.3, -0.25) is 19.2 Å². The number of rotatable bonds is 18. The van der Waals surface area contributed by atoms with Crippen LogP contribution in [0.3, 0.4) is 0 Å². The zero-order valence-electron chi connectivity index (χ0n) is 35.3. The second kappa shape index (κ2) is 19.4. The summed E-state index contributed by atoms with van der Waals surface area (Å²) in [5.74, 6) is 1.64. The molecule has 11 heteroatoms. The molecule has 58 heavy (non-hydrogen) atoms. The first-order valence-corrected chi connectivity index (χ1v) is 22.0. The van der Waals surface area contributed by atoms with Crippen LogP contribution in [-0.4, -0.2) is 69.0 Å². The summed E-state index contributed by atoms with van der Waals surface area (Å²) < 4.78 is 34.5. The molecule has 2 unspecified atom stereocenters. The first-order chi connectivity index (χ1) is 27.9. The van der Waals surface area contributed by atoms with Gasteiger partial charge in [0.25, 0.3) is 19.4 Å². The van der Waals surface area contributed by atoms with Gasteiger partial charge in [-0.25, -0.2) is 4.79 Å². The van der Waals surface area contributed by atoms with Gasteiger partial charge in [0.15, 0.2) is 0 Å². The summed E-state index contributed by atoms with van der Waals surface area (Å²) in [6, 6.07) is 8.02. The maximum absolute atomic E-state index is 13.5. The van der Waals surface area contributed by atoms with Crippen molar-refractivity contribution >= 4 is 31.4 Å². The third-order valence-electron chi connectivity index (χ3n) is 15.6. The molecule has 5 aliphatic rings. The van der Waals surface area contributed by atoms with Gasteiger partial charge in [-0.1, -0.05) is 39.3 Å². The Kier molecular flexibility index (Phi) is 14.6. The van der Waals surface area contributed by atoms with Crippen LogP contribution in [-0.2, 0) is 54.1 Å². The van der Waals surface area contributed by atoms with Crippen LogP contribution in [0.25, 0.3) is 0 Å². The summed E-state index contributed by atoms with van der Waals surface area (Å²) in [5.41, 5.74) is 1.57. The summed E-state index contributed by atoms with van der Waals surface area (Å²) in [6.07, 6.45) is 12.4. The number of hydrogen-bond acceptors (Lipinski definition) is 11. The highest BCUT2D eigenvalue weighted by Crippen LogP contribution is 2.69. The first kappa shape index (κ1) is 43.7. The average molecular weight is 807 g/mol. The Morgan fingerprint density at radius 1 is 0.862 bits per heavy atom. The van der Waals surface area contributed by atoms with Crippen molar-refractivity contribution in [2.45, 2.75) is 149 Å². The molecule has 0 amide bonds. The Morgan fingerprint density at radius 2 is 1.60 bits per heavy atom. The Labute approximate surface area is 344 Å². The van der Waals surface area contributed by atoms with Crippen molar-refractivity contribution in [1.29, 1.82) is 0 Å². The van der Waals surface area contributed by atoms with Crippen LogP contribution in [0.15, 0.2) is 35.9 Å². The fourth-order valence-corrected chi connectivity index (χ4v) is 12.7. The summed E-state index contributed by atoms with van der Waals surface area (Å²) >= 11 is 0. The van der Waals surface area contributed by atoms with Crippen LogP contribution < -0.4 is 4.74 Å². The fourth-order valence-electron chi connectivity index (χ4n) is 12.7. The molecule has 6 rings (SSSR count). The molecule has 5 fully saturated rings. The molecule has 5 aliphatic carbocycles. The molecule has 0 aromatic heterocycles. The third kappa shape index (κ3) is 9.44. The van der Waals surface area contributed by atoms with E-state index in [0.717, 1.165) is 82.0 Å². The van der Waals surface area contributed by atoms with Crippen LogP contribution in [0.4, 0.5) is 0 Å². The van der Waals surface area contributed by atoms with E-state index >= 15 is 0 Å². The standard InChI is InChI=1S/C47H66O11/c1-6-53-44(52)21-30(2)26-54-35-14-12-32(13-15-35)22-33-9-7-8-10-40(33)58-43(51)18-11-31(3)37-16-17-38-45-39(25-42(57-29-50)47(37,38)5)46(4)20-19-36(55-27-48)23-34(46)24-41(45)56-28-49/h12-15,21,27-29,31,33-34,36-42,45H,6-11,16-20,22-26H2,1-5H3/b30-21-/t31-,33?,34+,36-,37-,38+,39+,40?,41-,42+,45+,46+,47-/m1/s1. The number of hydrogen-bond donors (Lipinski definition) is 0. The average Bonchev–Trinajstić information content (AvgIpc) is 3.56. The summed E-state index contributed by atoms with van der Waals surface area (Å²) in [5, 5.41) is 0. The molecule has 320 valence electrons. The lowest BCUT2D eigenvalue weighted by molar-refractivity contribution is -0.218. The quantitative estimate of drug-likeness (QED) is 0.0615. The number of fused-ring (bicyclic) bond motifs is 5. The molecule has 5 saturated carbocycles. The van der Waals surface area contributed by atoms with E-state index in [1.54, 1.807) is 6.92 Å². The molecule has 1 aromatic rings. The Balaban J connectivity index is 1.06. The molecule has 13 atom stereocenters. The molecule has 0 aliphatic heterocycles. The topological polar surface area (TPSA) is 141 Å². The minimum Gasteiger partial charge on any atom is -0.489 e. The van der Waals surface area contributed by atoms with Crippen LogP contribution in [0.5, 0.6) is 5.75 Å². The summed E-state index contributed by atoms with van der Waals surface area (Å²) in [4.78, 5) is 60.5. The van der Waals surface area contributed by atoms with E-state index in [1.807, 2.05) is 19.1 Å². The van der Waals surface area contributed by atoms with Crippen LogP contribution in [0.2, 0.25) is 0 Å². The molecule has 0 N–H and O–H groups in total. The van der Waals surface area contributed by atoms with Crippen molar-refractivity contribution in [3.63, 3.8) is 0 Å². The fraction of sp³-hybridized carbons (Fsp3) is 0.723. The number of carbonyl (C=O) groups is 5. The molecule has 0 heterocycles. The second-order valence-electron chi connectivity index (χ2n) is 18.6. The lowest BCUT2D eigenvalue weighted by Crippen LogP contribution is -2.63. The smallest absolute Gasteiger partial charge is 0.330 e.